The van der Waals surface area contributed by atoms with Gasteiger partial charge < -0.3 is 9.88 Å². The van der Waals surface area contributed by atoms with Crippen LogP contribution in [0.2, 0.25) is 5.02 Å². The van der Waals surface area contributed by atoms with Gasteiger partial charge in [-0.15, -0.1) is 5.10 Å². The average molecular weight is 556 g/mol. The number of carbonyl (C=O) groups excluding carboxylic acids is 1. The molecule has 3 unspecified atom stereocenters. The van der Waals surface area contributed by atoms with E-state index in [2.05, 4.69) is 26.9 Å². The minimum absolute atomic E-state index is 0.0708. The van der Waals surface area contributed by atoms with Crippen LogP contribution in [0.3, 0.4) is 0 Å². The van der Waals surface area contributed by atoms with Gasteiger partial charge in [-0.05, 0) is 69.8 Å². The Morgan fingerprint density at radius 1 is 0.974 bits per heavy atom. The highest BCUT2D eigenvalue weighted by Gasteiger charge is 2.55. The summed E-state index contributed by atoms with van der Waals surface area (Å²) in [6, 6.07) is 14.9. The van der Waals surface area contributed by atoms with Crippen LogP contribution in [-0.2, 0) is 6.54 Å². The summed E-state index contributed by atoms with van der Waals surface area (Å²) < 4.78 is 3.44. The Kier molecular flexibility index (Phi) is 4.81. The highest BCUT2D eigenvalue weighted by molar-refractivity contribution is 6.35. The fourth-order valence-electron chi connectivity index (χ4n) is 6.32. The van der Waals surface area contributed by atoms with E-state index in [9.17, 15) is 9.59 Å². The highest BCUT2D eigenvalue weighted by Crippen LogP contribution is 2.60. The van der Waals surface area contributed by atoms with Crippen LogP contribution in [0.15, 0.2) is 69.8 Å². The molecule has 2 aromatic heterocycles. The zero-order chi connectivity index (χ0) is 26.4. The molecule has 1 aliphatic carbocycles. The van der Waals surface area contributed by atoms with Crippen molar-refractivity contribution in [2.24, 2.45) is 10.9 Å². The maximum Gasteiger partial charge on any atom is 0.251 e. The summed E-state index contributed by atoms with van der Waals surface area (Å²) in [6.45, 7) is 0.544. The number of carbonyl (C=O) groups is 1. The summed E-state index contributed by atoms with van der Waals surface area (Å²) in [5.74, 6) is 0.519. The van der Waals surface area contributed by atoms with Crippen molar-refractivity contribution < 1.29 is 4.79 Å². The number of amides is 1. The molecule has 39 heavy (non-hydrogen) atoms. The summed E-state index contributed by atoms with van der Waals surface area (Å²) in [7, 11) is 0. The molecule has 4 aliphatic rings. The maximum atomic E-state index is 13.7. The molecule has 192 valence electrons. The van der Waals surface area contributed by atoms with Gasteiger partial charge in [0.2, 0.25) is 0 Å². The van der Waals surface area contributed by atoms with Gasteiger partial charge in [0.1, 0.15) is 11.5 Å². The molecule has 4 aromatic rings. The standard InChI is InChI=1S/C28H19Cl2N7O2/c29-16-3-4-23(36-12-32-34-35-36)17(8-16)15-6-24-20-9-21(20)26(37(24)25(38)7-15)22-10-18(27(30)33-22)13-1-2-14-11-31-28(39)19(14)5-13/h1-8,12,20-21,26H,9-11H2,(H,31,39). The number of nitrogens with one attached hydrogen (secondary N) is 1. The van der Waals surface area contributed by atoms with Gasteiger partial charge in [-0.1, -0.05) is 35.3 Å². The van der Waals surface area contributed by atoms with Crippen LogP contribution in [0.25, 0.3) is 22.4 Å². The number of rotatable bonds is 4. The second-order valence-corrected chi connectivity index (χ2v) is 11.1. The smallest absolute Gasteiger partial charge is 0.251 e. The van der Waals surface area contributed by atoms with Crippen molar-refractivity contribution in [3.8, 4) is 16.8 Å². The van der Waals surface area contributed by atoms with E-state index in [1.165, 1.54) is 6.33 Å². The molecule has 1 N–H and O–H groups in total. The van der Waals surface area contributed by atoms with Crippen molar-refractivity contribution in [1.29, 1.82) is 0 Å². The quantitative estimate of drug-likeness (QED) is 0.373. The number of fused-ring (bicyclic) bond motifs is 4. The molecule has 1 fully saturated rings. The number of aromatic nitrogens is 5. The van der Waals surface area contributed by atoms with Crippen molar-refractivity contribution in [3.05, 3.63) is 97.8 Å². The zero-order valence-corrected chi connectivity index (χ0v) is 21.8. The molecule has 1 amide bonds. The average Bonchev–Trinajstić information content (AvgIpc) is 3.30. The van der Waals surface area contributed by atoms with Crippen molar-refractivity contribution in [2.75, 3.05) is 0 Å². The predicted molar refractivity (Wildman–Crippen MR) is 146 cm³/mol. The van der Waals surface area contributed by atoms with Gasteiger partial charge >= 0.3 is 0 Å². The van der Waals surface area contributed by atoms with Crippen LogP contribution < -0.4 is 10.9 Å². The Morgan fingerprint density at radius 2 is 1.87 bits per heavy atom. The van der Waals surface area contributed by atoms with Gasteiger partial charge in [-0.25, -0.2) is 4.99 Å². The Labute approximate surface area is 231 Å². The van der Waals surface area contributed by atoms with Crippen LogP contribution in [0.5, 0.6) is 0 Å². The summed E-state index contributed by atoms with van der Waals surface area (Å²) >= 11 is 13.0. The third-order valence-electron chi connectivity index (χ3n) is 8.20. The minimum Gasteiger partial charge on any atom is -0.348 e. The molecule has 8 rings (SSSR count). The lowest BCUT2D eigenvalue weighted by Gasteiger charge is -2.20. The molecule has 0 bridgehead atoms. The monoisotopic (exact) mass is 555 g/mol. The normalized spacial score (nSPS) is 22.5. The lowest BCUT2D eigenvalue weighted by Crippen LogP contribution is -2.29. The Bertz CT molecular complexity index is 1860. The van der Waals surface area contributed by atoms with Gasteiger partial charge in [-0.3, -0.25) is 9.59 Å². The van der Waals surface area contributed by atoms with Gasteiger partial charge in [-0.2, -0.15) is 4.68 Å². The SMILES string of the molecule is O=C1NCc2ccc(C3=C(Cl)N=C(C4C5CC5c5cc(-c6cc(Cl)ccc6-n6cnnn6)cc(=O)n54)C3)cc21. The van der Waals surface area contributed by atoms with Crippen LogP contribution in [0, 0.1) is 5.92 Å². The van der Waals surface area contributed by atoms with E-state index < -0.39 is 0 Å². The number of benzene rings is 2. The second kappa shape index (κ2) is 8.21. The van der Waals surface area contributed by atoms with Gasteiger partial charge in [0, 0.05) is 58.1 Å². The molecular formula is C28H19Cl2N7O2. The first-order valence-corrected chi connectivity index (χ1v) is 13.4. The maximum absolute atomic E-state index is 13.7. The van der Waals surface area contributed by atoms with Crippen LogP contribution in [-0.4, -0.2) is 36.4 Å². The van der Waals surface area contributed by atoms with Crippen molar-refractivity contribution in [1.82, 2.24) is 30.1 Å². The predicted octanol–water partition coefficient (Wildman–Crippen LogP) is 4.50. The molecule has 11 heteroatoms. The lowest BCUT2D eigenvalue weighted by atomic mass is 9.95. The Hall–Kier alpha value is -4.08. The molecule has 1 saturated carbocycles. The summed E-state index contributed by atoms with van der Waals surface area (Å²) in [5.41, 5.74) is 7.51. The van der Waals surface area contributed by atoms with Crippen molar-refractivity contribution in [3.63, 3.8) is 0 Å². The van der Waals surface area contributed by atoms with Crippen molar-refractivity contribution >= 4 is 40.4 Å². The minimum atomic E-state index is -0.145. The molecule has 2 aromatic carbocycles. The number of hydrogen-bond donors (Lipinski definition) is 1. The van der Waals surface area contributed by atoms with E-state index in [1.54, 1.807) is 16.8 Å². The number of tetrazole rings is 1. The number of pyridine rings is 1. The summed E-state index contributed by atoms with van der Waals surface area (Å²) in [6.07, 6.45) is 3.05. The number of nitrogens with zero attached hydrogens (tertiary/aromatic N) is 6. The number of aliphatic imine (C=N–C) groups is 1. The fourth-order valence-corrected chi connectivity index (χ4v) is 6.78. The highest BCUT2D eigenvalue weighted by atomic mass is 35.5. The molecule has 9 nitrogen and oxygen atoms in total. The summed E-state index contributed by atoms with van der Waals surface area (Å²) in [5, 5.41) is 15.3. The molecular weight excluding hydrogens is 537 g/mol. The van der Waals surface area contributed by atoms with Crippen LogP contribution in [0.1, 0.15) is 52.0 Å². The van der Waals surface area contributed by atoms with E-state index in [4.69, 9.17) is 28.2 Å². The third-order valence-corrected chi connectivity index (χ3v) is 8.75. The molecule has 0 spiro atoms. The fraction of sp³-hybridized carbons (Fsp3) is 0.214. The zero-order valence-electron chi connectivity index (χ0n) is 20.3. The number of allylic oxidation sites excluding steroid dienone is 1. The molecule has 3 atom stereocenters. The molecule has 5 heterocycles. The van der Waals surface area contributed by atoms with E-state index in [0.29, 0.717) is 34.6 Å². The first-order chi connectivity index (χ1) is 19.0. The van der Waals surface area contributed by atoms with Crippen LogP contribution in [0.4, 0.5) is 0 Å². The number of halogens is 2. The Morgan fingerprint density at radius 3 is 2.72 bits per heavy atom. The molecule has 0 saturated heterocycles. The largest absolute Gasteiger partial charge is 0.348 e. The molecule has 3 aliphatic heterocycles. The van der Waals surface area contributed by atoms with Gasteiger partial charge in [0.15, 0.2) is 0 Å². The number of hydrogen-bond acceptors (Lipinski definition) is 6. The Balaban J connectivity index is 1.15. The second-order valence-electron chi connectivity index (χ2n) is 10.3. The van der Waals surface area contributed by atoms with E-state index in [0.717, 1.165) is 51.3 Å². The van der Waals surface area contributed by atoms with E-state index >= 15 is 0 Å². The first kappa shape index (κ1) is 22.9. The third kappa shape index (κ3) is 3.46. The van der Waals surface area contributed by atoms with Crippen LogP contribution >= 0.6 is 23.2 Å². The van der Waals surface area contributed by atoms with Gasteiger partial charge in [0.05, 0.1) is 11.7 Å². The summed E-state index contributed by atoms with van der Waals surface area (Å²) in [4.78, 5) is 30.6. The topological polar surface area (TPSA) is 107 Å². The lowest BCUT2D eigenvalue weighted by molar-refractivity contribution is 0.0965. The first-order valence-electron chi connectivity index (χ1n) is 12.6. The van der Waals surface area contributed by atoms with Crippen molar-refractivity contribution in [2.45, 2.75) is 31.3 Å². The van der Waals surface area contributed by atoms with E-state index in [-0.39, 0.29) is 23.4 Å². The van der Waals surface area contributed by atoms with Gasteiger partial charge in [0.25, 0.3) is 11.5 Å². The van der Waals surface area contributed by atoms with E-state index in [1.807, 2.05) is 34.9 Å². The molecule has 0 radical (unpaired) electrons.